The zero-order valence-corrected chi connectivity index (χ0v) is 15.3. The summed E-state index contributed by atoms with van der Waals surface area (Å²) in [5, 5.41) is 3.33. The number of hydrogen-bond acceptors (Lipinski definition) is 4. The number of nitrogens with zero attached hydrogens (tertiary/aromatic N) is 1. The number of carbonyl (C=O) groups excluding carboxylic acids is 1. The maximum absolute atomic E-state index is 13.5. The predicted molar refractivity (Wildman–Crippen MR) is 56.7 cm³/mol. The third-order valence-electron chi connectivity index (χ3n) is 2.56. The smallest absolute Gasteiger partial charge is 0.549 e. The first-order valence-corrected chi connectivity index (χ1v) is 7.21. The van der Waals surface area contributed by atoms with Crippen LogP contribution in [0.1, 0.15) is 13.3 Å². The number of carboxylic acid groups (broad SMARTS) is 1. The van der Waals surface area contributed by atoms with Crippen molar-refractivity contribution < 1.29 is 87.4 Å². The van der Waals surface area contributed by atoms with E-state index in [1.54, 1.807) is 0 Å². The molecule has 0 saturated heterocycles. The van der Waals surface area contributed by atoms with Crippen molar-refractivity contribution in [2.45, 2.75) is 36.6 Å². The van der Waals surface area contributed by atoms with Gasteiger partial charge in [-0.2, -0.15) is 43.8 Å². The van der Waals surface area contributed by atoms with E-state index >= 15 is 0 Å². The molecule has 0 unspecified atom stereocenters. The molecule has 0 N–H and O–H groups in total. The Labute approximate surface area is 157 Å². The number of aliphatic carboxylic acids is 1. The van der Waals surface area contributed by atoms with Gasteiger partial charge in [0.05, 0.1) is 12.5 Å². The molecule has 0 aromatic carbocycles. The van der Waals surface area contributed by atoms with E-state index in [0.29, 0.717) is 0 Å². The van der Waals surface area contributed by atoms with Crippen molar-refractivity contribution in [3.05, 3.63) is 0 Å². The SMILES string of the molecule is CCCN(CC(=O)[O-])S(=O)(=O)C(F)(F)C(F)(F)C(F)(F)C(F)(F)F.[Na+]. The van der Waals surface area contributed by atoms with Crippen LogP contribution in [0, 0.1) is 0 Å². The van der Waals surface area contributed by atoms with Crippen molar-refractivity contribution in [2.24, 2.45) is 0 Å². The molecule has 25 heavy (non-hydrogen) atoms. The number of halogens is 9. The largest absolute Gasteiger partial charge is 1.00 e. The van der Waals surface area contributed by atoms with E-state index in [-0.39, 0.29) is 29.6 Å². The van der Waals surface area contributed by atoms with Gasteiger partial charge in [0.15, 0.2) is 0 Å². The Morgan fingerprint density at radius 3 is 1.64 bits per heavy atom. The fraction of sp³-hybridized carbons (Fsp3) is 0.889. The Kier molecular flexibility index (Phi) is 8.83. The Morgan fingerprint density at radius 1 is 0.960 bits per heavy atom. The van der Waals surface area contributed by atoms with Crippen molar-refractivity contribution in [3.8, 4) is 0 Å². The number of hydrogen-bond donors (Lipinski definition) is 0. The minimum atomic E-state index is -7.41. The van der Waals surface area contributed by atoms with Crippen LogP contribution >= 0.6 is 0 Å². The second-order valence-electron chi connectivity index (χ2n) is 4.37. The first kappa shape index (κ1) is 27.0. The van der Waals surface area contributed by atoms with Crippen molar-refractivity contribution >= 4 is 16.0 Å². The third-order valence-corrected chi connectivity index (χ3v) is 4.45. The Bertz CT molecular complexity index is 578. The van der Waals surface area contributed by atoms with Gasteiger partial charge in [0.2, 0.25) is 0 Å². The maximum atomic E-state index is 13.5. The van der Waals surface area contributed by atoms with E-state index in [0.717, 1.165) is 6.92 Å². The molecule has 0 aliphatic heterocycles. The molecule has 144 valence electrons. The fourth-order valence-electron chi connectivity index (χ4n) is 1.36. The van der Waals surface area contributed by atoms with Crippen molar-refractivity contribution in [1.29, 1.82) is 0 Å². The Balaban J connectivity index is 0. The average molecular weight is 421 g/mol. The van der Waals surface area contributed by atoms with Gasteiger partial charge in [0.1, 0.15) is 0 Å². The minimum absolute atomic E-state index is 0. The summed E-state index contributed by atoms with van der Waals surface area (Å²) in [6.45, 7) is -2.04. The molecule has 0 amide bonds. The molecule has 0 saturated carbocycles. The van der Waals surface area contributed by atoms with Gasteiger partial charge in [-0.25, -0.2) is 8.42 Å². The van der Waals surface area contributed by atoms with E-state index in [1.807, 2.05) is 0 Å². The normalized spacial score (nSPS) is 14.4. The van der Waals surface area contributed by atoms with Crippen molar-refractivity contribution in [2.75, 3.05) is 13.1 Å². The fourth-order valence-corrected chi connectivity index (χ4v) is 2.84. The molecule has 0 aliphatic rings. The number of carboxylic acids is 1. The second kappa shape index (κ2) is 8.19. The van der Waals surface area contributed by atoms with Crippen LogP contribution in [0.5, 0.6) is 0 Å². The van der Waals surface area contributed by atoms with Crippen LogP contribution in [0.4, 0.5) is 39.5 Å². The van der Waals surface area contributed by atoms with Crippen LogP contribution in [-0.2, 0) is 14.8 Å². The van der Waals surface area contributed by atoms with Crippen molar-refractivity contribution in [3.63, 3.8) is 0 Å². The summed E-state index contributed by atoms with van der Waals surface area (Å²) in [4.78, 5) is 10.3. The summed E-state index contributed by atoms with van der Waals surface area (Å²) in [6.07, 6.45) is -7.64. The molecule has 0 atom stereocenters. The summed E-state index contributed by atoms with van der Waals surface area (Å²) in [7, 11) is -6.91. The quantitative estimate of drug-likeness (QED) is 0.343. The number of carbonyl (C=O) groups is 1. The van der Waals surface area contributed by atoms with Gasteiger partial charge >= 0.3 is 52.8 Å². The Morgan fingerprint density at radius 2 is 1.36 bits per heavy atom. The summed E-state index contributed by atoms with van der Waals surface area (Å²) in [5.74, 6) is -17.2. The molecular weight excluding hydrogens is 412 g/mol. The summed E-state index contributed by atoms with van der Waals surface area (Å²) in [6, 6.07) is 0. The third kappa shape index (κ3) is 4.73. The molecule has 0 aliphatic carbocycles. The maximum Gasteiger partial charge on any atom is 1.00 e. The monoisotopic (exact) mass is 421 g/mol. The number of alkyl halides is 9. The van der Waals surface area contributed by atoms with Crippen LogP contribution in [-0.4, -0.2) is 55.1 Å². The van der Waals surface area contributed by atoms with Gasteiger partial charge in [-0.05, 0) is 6.42 Å². The molecule has 5 nitrogen and oxygen atoms in total. The molecule has 0 heterocycles. The molecular formula is C9H9F9NNaO4S. The van der Waals surface area contributed by atoms with Gasteiger partial charge < -0.3 is 9.90 Å². The van der Waals surface area contributed by atoms with Crippen LogP contribution in [0.15, 0.2) is 0 Å². The zero-order chi connectivity index (χ0) is 19.8. The van der Waals surface area contributed by atoms with Crippen LogP contribution < -0.4 is 34.7 Å². The Hall–Kier alpha value is -0.250. The molecule has 0 spiro atoms. The van der Waals surface area contributed by atoms with Gasteiger partial charge in [0, 0.05) is 6.54 Å². The first-order chi connectivity index (χ1) is 10.4. The predicted octanol–water partition coefficient (Wildman–Crippen LogP) is -1.79. The summed E-state index contributed by atoms with van der Waals surface area (Å²) >= 11 is 0. The van der Waals surface area contributed by atoms with Gasteiger partial charge in [-0.3, -0.25) is 0 Å². The van der Waals surface area contributed by atoms with E-state index in [2.05, 4.69) is 0 Å². The minimum Gasteiger partial charge on any atom is -0.549 e. The van der Waals surface area contributed by atoms with Crippen molar-refractivity contribution in [1.82, 2.24) is 4.31 Å². The zero-order valence-electron chi connectivity index (χ0n) is 12.5. The van der Waals surface area contributed by atoms with E-state index < -0.39 is 63.1 Å². The van der Waals surface area contributed by atoms with Crippen LogP contribution in [0.25, 0.3) is 0 Å². The number of rotatable bonds is 8. The summed E-state index contributed by atoms with van der Waals surface area (Å²) in [5.41, 5.74) is 0. The van der Waals surface area contributed by atoms with Gasteiger partial charge in [0.25, 0.3) is 10.0 Å². The first-order valence-electron chi connectivity index (χ1n) is 5.77. The molecule has 0 radical (unpaired) electrons. The van der Waals surface area contributed by atoms with Crippen LogP contribution in [0.3, 0.4) is 0 Å². The average Bonchev–Trinajstić information content (AvgIpc) is 2.35. The molecule has 0 aromatic heterocycles. The van der Waals surface area contributed by atoms with E-state index in [1.165, 1.54) is 0 Å². The molecule has 0 aromatic rings. The van der Waals surface area contributed by atoms with E-state index in [4.69, 9.17) is 0 Å². The summed E-state index contributed by atoms with van der Waals surface area (Å²) < 4.78 is 136. The molecule has 0 fully saturated rings. The molecule has 16 heteroatoms. The second-order valence-corrected chi connectivity index (χ2v) is 6.35. The molecule has 0 bridgehead atoms. The molecule has 0 rings (SSSR count). The van der Waals surface area contributed by atoms with Gasteiger partial charge in [-0.15, -0.1) is 0 Å². The van der Waals surface area contributed by atoms with Gasteiger partial charge in [-0.1, -0.05) is 6.92 Å². The topological polar surface area (TPSA) is 77.5 Å². The van der Waals surface area contributed by atoms with Crippen LogP contribution in [0.2, 0.25) is 0 Å². The van der Waals surface area contributed by atoms with E-state index in [9.17, 15) is 57.8 Å². The number of sulfonamides is 1. The standard InChI is InChI=1S/C9H10F9NO4S.Na/c1-2-3-19(4-5(20)21)24(22,23)9(17,18)7(12,13)6(10,11)8(14,15)16;/h2-4H2,1H3,(H,20,21);/q;+1/p-1.